The second kappa shape index (κ2) is 45.8. The van der Waals surface area contributed by atoms with Crippen LogP contribution in [0.25, 0.3) is 0 Å². The van der Waals surface area contributed by atoms with Gasteiger partial charge in [0.2, 0.25) is 0 Å². The maximum absolute atomic E-state index is 12.3. The lowest BCUT2D eigenvalue weighted by Crippen LogP contribution is -2.13. The van der Waals surface area contributed by atoms with Gasteiger partial charge >= 0.3 is 5.97 Å². The van der Waals surface area contributed by atoms with Crippen LogP contribution in [-0.2, 0) is 9.59 Å². The summed E-state index contributed by atoms with van der Waals surface area (Å²) in [5.74, 6) is 0.678. The average Bonchev–Trinajstić information content (AvgIpc) is 3.16. The minimum Gasteiger partial charge on any atom is -0.481 e. The lowest BCUT2D eigenvalue weighted by Gasteiger charge is -2.12. The summed E-state index contributed by atoms with van der Waals surface area (Å²) < 4.78 is 0. The van der Waals surface area contributed by atoms with Gasteiger partial charge in [0, 0.05) is 12.8 Å². The van der Waals surface area contributed by atoms with Gasteiger partial charge in [-0.05, 0) is 31.6 Å². The first-order chi connectivity index (χ1) is 27.0. The van der Waals surface area contributed by atoms with Gasteiger partial charge in [0.05, 0.1) is 5.92 Å². The van der Waals surface area contributed by atoms with Gasteiger partial charge in [-0.3, -0.25) is 9.59 Å². The van der Waals surface area contributed by atoms with Gasteiger partial charge in [-0.2, -0.15) is 0 Å². The molecule has 0 amide bonds. The lowest BCUT2D eigenvalue weighted by atomic mass is 9.94. The summed E-state index contributed by atoms with van der Waals surface area (Å²) in [4.78, 5) is 24.0. The van der Waals surface area contributed by atoms with Gasteiger partial charge in [-0.25, -0.2) is 0 Å². The molecule has 3 nitrogen and oxygen atoms in total. The van der Waals surface area contributed by atoms with Crippen molar-refractivity contribution in [1.29, 1.82) is 0 Å². The summed E-state index contributed by atoms with van der Waals surface area (Å²) in [6, 6.07) is 0. The first kappa shape index (κ1) is 54.1. The summed E-state index contributed by atoms with van der Waals surface area (Å²) in [7, 11) is 0. The molecule has 0 aliphatic rings. The molecule has 1 N–H and O–H groups in total. The van der Waals surface area contributed by atoms with Crippen LogP contribution < -0.4 is 0 Å². The van der Waals surface area contributed by atoms with E-state index in [1.807, 2.05) is 0 Å². The highest BCUT2D eigenvalue weighted by molar-refractivity contribution is 5.78. The standard InChI is InChI=1S/C52H102O3/c1-4-5-6-7-8-9-10-11-12-16-22-27-32-37-42-47-51(53)48-43-38-33-28-23-17-14-13-15-20-25-30-35-40-45-50(52(54)55)46-41-36-31-26-21-18-19-24-29-34-39-44-49(2)3/h49-50H,4-48H2,1-3H3,(H,54,55). The van der Waals surface area contributed by atoms with Gasteiger partial charge in [0.25, 0.3) is 0 Å². The van der Waals surface area contributed by atoms with E-state index in [-0.39, 0.29) is 5.92 Å². The molecule has 0 aliphatic heterocycles. The third kappa shape index (κ3) is 45.7. The fourth-order valence-electron chi connectivity index (χ4n) is 8.58. The van der Waals surface area contributed by atoms with E-state index in [4.69, 9.17) is 0 Å². The lowest BCUT2D eigenvalue weighted by molar-refractivity contribution is -0.142. The Labute approximate surface area is 346 Å². The van der Waals surface area contributed by atoms with Crippen molar-refractivity contribution < 1.29 is 14.7 Å². The molecule has 0 bridgehead atoms. The van der Waals surface area contributed by atoms with Crippen LogP contribution in [0.3, 0.4) is 0 Å². The zero-order chi connectivity index (χ0) is 40.1. The number of carbonyl (C=O) groups is 2. The largest absolute Gasteiger partial charge is 0.481 e. The van der Waals surface area contributed by atoms with Gasteiger partial charge in [-0.1, -0.05) is 271 Å². The van der Waals surface area contributed by atoms with Crippen molar-refractivity contribution in [3.05, 3.63) is 0 Å². The van der Waals surface area contributed by atoms with Crippen LogP contribution in [0.1, 0.15) is 310 Å². The number of unbranched alkanes of at least 4 members (excludes halogenated alkanes) is 37. The van der Waals surface area contributed by atoms with Crippen LogP contribution in [0, 0.1) is 11.8 Å². The number of Topliss-reactive ketones (excluding diaryl/α,β-unsaturated/α-hetero) is 1. The number of hydrogen-bond donors (Lipinski definition) is 1. The average molecular weight is 775 g/mol. The minimum atomic E-state index is -0.566. The van der Waals surface area contributed by atoms with E-state index in [1.54, 1.807) is 0 Å². The molecule has 0 spiro atoms. The molecular formula is C52H102O3. The number of rotatable bonds is 48. The predicted octanol–water partition coefficient (Wildman–Crippen LogP) is 18.5. The molecule has 3 heteroatoms. The summed E-state index contributed by atoms with van der Waals surface area (Å²) in [6.07, 6.45) is 58.2. The van der Waals surface area contributed by atoms with Gasteiger partial charge in [0.1, 0.15) is 5.78 Å². The normalized spacial score (nSPS) is 12.2. The summed E-state index contributed by atoms with van der Waals surface area (Å²) in [5, 5.41) is 9.69. The maximum Gasteiger partial charge on any atom is 0.306 e. The highest BCUT2D eigenvalue weighted by Gasteiger charge is 2.16. The van der Waals surface area contributed by atoms with Crippen LogP contribution in [-0.4, -0.2) is 16.9 Å². The van der Waals surface area contributed by atoms with E-state index in [9.17, 15) is 14.7 Å². The Hall–Kier alpha value is -0.860. The number of carbonyl (C=O) groups excluding carboxylic acids is 1. The SMILES string of the molecule is CCCCCCCCCCCCCCCCCC(=O)CCCCCCCCCCCCCCCCC(CCCCCCCCCCCCCC(C)C)C(=O)O. The number of aliphatic carboxylic acids is 1. The van der Waals surface area contributed by atoms with Crippen LogP contribution in [0.15, 0.2) is 0 Å². The van der Waals surface area contributed by atoms with Crippen LogP contribution >= 0.6 is 0 Å². The Kier molecular flexibility index (Phi) is 45.1. The molecule has 0 saturated carbocycles. The second-order valence-corrected chi connectivity index (χ2v) is 18.6. The molecule has 0 aromatic heterocycles. The van der Waals surface area contributed by atoms with Crippen molar-refractivity contribution in [3.8, 4) is 0 Å². The third-order valence-corrected chi connectivity index (χ3v) is 12.5. The van der Waals surface area contributed by atoms with Crippen molar-refractivity contribution in [3.63, 3.8) is 0 Å². The molecule has 328 valence electrons. The highest BCUT2D eigenvalue weighted by Crippen LogP contribution is 2.21. The van der Waals surface area contributed by atoms with E-state index in [0.717, 1.165) is 57.3 Å². The maximum atomic E-state index is 12.3. The van der Waals surface area contributed by atoms with E-state index in [2.05, 4.69) is 20.8 Å². The minimum absolute atomic E-state index is 0.119. The van der Waals surface area contributed by atoms with Crippen molar-refractivity contribution >= 4 is 11.8 Å². The first-order valence-corrected chi connectivity index (χ1v) is 25.7. The quantitative estimate of drug-likeness (QED) is 0.0626. The zero-order valence-electron chi connectivity index (χ0n) is 38.2. The molecule has 0 heterocycles. The Morgan fingerprint density at radius 2 is 0.545 bits per heavy atom. The Morgan fingerprint density at radius 3 is 0.782 bits per heavy atom. The molecule has 0 aromatic carbocycles. The van der Waals surface area contributed by atoms with Crippen molar-refractivity contribution in [2.24, 2.45) is 11.8 Å². The Morgan fingerprint density at radius 1 is 0.327 bits per heavy atom. The van der Waals surface area contributed by atoms with Crippen LogP contribution in [0.2, 0.25) is 0 Å². The number of ketones is 1. The second-order valence-electron chi connectivity index (χ2n) is 18.6. The summed E-state index contributed by atoms with van der Waals surface area (Å²) >= 11 is 0. The fraction of sp³-hybridized carbons (Fsp3) is 0.962. The van der Waals surface area contributed by atoms with Gasteiger partial charge in [-0.15, -0.1) is 0 Å². The molecule has 0 saturated heterocycles. The Bertz CT molecular complexity index is 760. The molecule has 1 atom stereocenters. The summed E-state index contributed by atoms with van der Waals surface area (Å²) in [5.41, 5.74) is 0. The number of carboxylic acid groups (broad SMARTS) is 1. The number of hydrogen-bond acceptors (Lipinski definition) is 2. The summed E-state index contributed by atoms with van der Waals surface area (Å²) in [6.45, 7) is 6.94. The van der Waals surface area contributed by atoms with E-state index >= 15 is 0 Å². The topological polar surface area (TPSA) is 54.4 Å². The van der Waals surface area contributed by atoms with Crippen molar-refractivity contribution in [1.82, 2.24) is 0 Å². The van der Waals surface area contributed by atoms with Crippen molar-refractivity contribution in [2.45, 2.75) is 310 Å². The highest BCUT2D eigenvalue weighted by atomic mass is 16.4. The van der Waals surface area contributed by atoms with E-state index in [0.29, 0.717) is 5.78 Å². The molecule has 1 unspecified atom stereocenters. The molecule has 0 aliphatic carbocycles. The van der Waals surface area contributed by atoms with Gasteiger partial charge in [0.15, 0.2) is 0 Å². The van der Waals surface area contributed by atoms with E-state index in [1.165, 1.54) is 238 Å². The molecule has 55 heavy (non-hydrogen) atoms. The molecule has 0 aromatic rings. The molecule has 0 rings (SSSR count). The molecule has 0 fully saturated rings. The first-order valence-electron chi connectivity index (χ1n) is 25.7. The fourth-order valence-corrected chi connectivity index (χ4v) is 8.58. The molecule has 0 radical (unpaired) electrons. The smallest absolute Gasteiger partial charge is 0.306 e. The van der Waals surface area contributed by atoms with E-state index < -0.39 is 5.97 Å². The van der Waals surface area contributed by atoms with Crippen LogP contribution in [0.5, 0.6) is 0 Å². The van der Waals surface area contributed by atoms with Gasteiger partial charge < -0.3 is 5.11 Å². The Balaban J connectivity index is 3.35. The monoisotopic (exact) mass is 775 g/mol. The van der Waals surface area contributed by atoms with Crippen LogP contribution in [0.4, 0.5) is 0 Å². The third-order valence-electron chi connectivity index (χ3n) is 12.5. The van der Waals surface area contributed by atoms with Crippen molar-refractivity contribution in [2.75, 3.05) is 0 Å². The predicted molar refractivity (Wildman–Crippen MR) is 244 cm³/mol. The zero-order valence-corrected chi connectivity index (χ0v) is 38.2. The molecular weight excluding hydrogens is 673 g/mol. The number of carboxylic acids is 1.